The fourth-order valence-corrected chi connectivity index (χ4v) is 2.47. The first kappa shape index (κ1) is 12.9. The number of carbonyl (C=O) groups is 1. The first-order valence-corrected chi connectivity index (χ1v) is 6.81. The van der Waals surface area contributed by atoms with Gasteiger partial charge >= 0.3 is 0 Å². The molecule has 0 aliphatic carbocycles. The number of oxazole rings is 1. The molecule has 1 aromatic heterocycles. The normalized spacial score (nSPS) is 18.1. The monoisotopic (exact) mass is 271 g/mol. The minimum atomic E-state index is 0.0634. The molecule has 5 nitrogen and oxygen atoms in total. The van der Waals surface area contributed by atoms with Crippen LogP contribution in [0, 0.1) is 5.92 Å². The highest BCUT2D eigenvalue weighted by Gasteiger charge is 2.18. The number of aromatic nitrogens is 1. The van der Waals surface area contributed by atoms with Crippen LogP contribution in [0.25, 0.3) is 11.3 Å². The number of amides is 1. The molecule has 2 aromatic rings. The summed E-state index contributed by atoms with van der Waals surface area (Å²) in [6, 6.07) is 7.59. The van der Waals surface area contributed by atoms with Crippen molar-refractivity contribution in [3.63, 3.8) is 0 Å². The van der Waals surface area contributed by atoms with E-state index >= 15 is 0 Å². The number of hydrogen-bond acceptors (Lipinski definition) is 4. The summed E-state index contributed by atoms with van der Waals surface area (Å²) >= 11 is 0. The quantitative estimate of drug-likeness (QED) is 0.895. The van der Waals surface area contributed by atoms with Crippen molar-refractivity contribution < 1.29 is 9.21 Å². The Morgan fingerprint density at radius 3 is 3.20 bits per heavy atom. The van der Waals surface area contributed by atoms with Gasteiger partial charge in [-0.15, -0.1) is 0 Å². The minimum Gasteiger partial charge on any atom is -0.444 e. The van der Waals surface area contributed by atoms with E-state index in [0.29, 0.717) is 18.1 Å². The van der Waals surface area contributed by atoms with E-state index in [9.17, 15) is 4.79 Å². The maximum atomic E-state index is 12.0. The Kier molecular flexibility index (Phi) is 3.78. The van der Waals surface area contributed by atoms with Gasteiger partial charge in [0.1, 0.15) is 0 Å². The summed E-state index contributed by atoms with van der Waals surface area (Å²) in [6.45, 7) is 1.95. The zero-order valence-electron chi connectivity index (χ0n) is 11.1. The Bertz CT molecular complexity index is 575. The van der Waals surface area contributed by atoms with Gasteiger partial charge in [0.25, 0.3) is 0 Å². The average molecular weight is 271 g/mol. The highest BCUT2D eigenvalue weighted by molar-refractivity contribution is 5.91. The first-order chi connectivity index (χ1) is 9.81. The number of nitrogens with one attached hydrogen (secondary N) is 2. The van der Waals surface area contributed by atoms with Gasteiger partial charge in [-0.3, -0.25) is 4.79 Å². The number of rotatable bonds is 4. The molecule has 20 heavy (non-hydrogen) atoms. The third kappa shape index (κ3) is 3.05. The van der Waals surface area contributed by atoms with Gasteiger partial charge in [-0.05, 0) is 37.6 Å². The van der Waals surface area contributed by atoms with E-state index in [1.165, 1.54) is 6.39 Å². The molecule has 0 spiro atoms. The van der Waals surface area contributed by atoms with Gasteiger partial charge in [-0.1, -0.05) is 12.1 Å². The molecule has 1 atom stereocenters. The van der Waals surface area contributed by atoms with E-state index in [2.05, 4.69) is 15.6 Å². The summed E-state index contributed by atoms with van der Waals surface area (Å²) in [6.07, 6.45) is 4.70. The molecule has 1 aliphatic rings. The van der Waals surface area contributed by atoms with E-state index in [4.69, 9.17) is 4.42 Å². The van der Waals surface area contributed by atoms with Crippen LogP contribution >= 0.6 is 0 Å². The molecule has 1 amide bonds. The van der Waals surface area contributed by atoms with Gasteiger partial charge in [0, 0.05) is 17.7 Å². The lowest BCUT2D eigenvalue weighted by molar-refractivity contribution is -0.116. The molecule has 2 heterocycles. The van der Waals surface area contributed by atoms with Crippen LogP contribution < -0.4 is 10.6 Å². The summed E-state index contributed by atoms with van der Waals surface area (Å²) in [7, 11) is 0. The van der Waals surface area contributed by atoms with E-state index in [-0.39, 0.29) is 5.91 Å². The van der Waals surface area contributed by atoms with Crippen molar-refractivity contribution in [2.45, 2.75) is 12.8 Å². The van der Waals surface area contributed by atoms with Crippen molar-refractivity contribution in [1.82, 2.24) is 10.3 Å². The largest absolute Gasteiger partial charge is 0.444 e. The van der Waals surface area contributed by atoms with Crippen LogP contribution in [0.1, 0.15) is 12.8 Å². The van der Waals surface area contributed by atoms with Crippen molar-refractivity contribution in [3.05, 3.63) is 36.9 Å². The number of anilines is 1. The molecule has 104 valence electrons. The van der Waals surface area contributed by atoms with Crippen molar-refractivity contribution in [3.8, 4) is 11.3 Å². The first-order valence-electron chi connectivity index (χ1n) is 6.81. The van der Waals surface area contributed by atoms with Crippen LogP contribution in [-0.4, -0.2) is 24.0 Å². The lowest BCUT2D eigenvalue weighted by atomic mass is 10.0. The summed E-state index contributed by atoms with van der Waals surface area (Å²) < 4.78 is 5.26. The summed E-state index contributed by atoms with van der Waals surface area (Å²) in [5.41, 5.74) is 1.69. The van der Waals surface area contributed by atoms with Crippen LogP contribution in [0.4, 0.5) is 5.69 Å². The van der Waals surface area contributed by atoms with Crippen molar-refractivity contribution in [2.75, 3.05) is 18.4 Å². The lowest BCUT2D eigenvalue weighted by Crippen LogP contribution is -2.18. The van der Waals surface area contributed by atoms with Gasteiger partial charge in [0.15, 0.2) is 12.2 Å². The molecule has 1 aromatic carbocycles. The van der Waals surface area contributed by atoms with Gasteiger partial charge in [0.2, 0.25) is 5.91 Å². The standard InChI is InChI=1S/C15H17N3O2/c19-15(6-11-4-5-16-8-11)18-13-3-1-2-12(7-13)14-9-17-10-20-14/h1-3,7,9-11,16H,4-6,8H2,(H,18,19). The highest BCUT2D eigenvalue weighted by atomic mass is 16.3. The number of hydrogen-bond donors (Lipinski definition) is 2. The van der Waals surface area contributed by atoms with Gasteiger partial charge in [-0.2, -0.15) is 0 Å². The number of nitrogens with zero attached hydrogens (tertiary/aromatic N) is 1. The second-order valence-corrected chi connectivity index (χ2v) is 5.06. The molecular formula is C15H17N3O2. The zero-order valence-corrected chi connectivity index (χ0v) is 11.1. The SMILES string of the molecule is O=C(CC1CCNC1)Nc1cccc(-c2cnco2)c1. The second kappa shape index (κ2) is 5.88. The molecular weight excluding hydrogens is 254 g/mol. The maximum Gasteiger partial charge on any atom is 0.224 e. The van der Waals surface area contributed by atoms with E-state index < -0.39 is 0 Å². The Hall–Kier alpha value is -2.14. The van der Waals surface area contributed by atoms with Gasteiger partial charge < -0.3 is 15.1 Å². The molecule has 5 heteroatoms. The second-order valence-electron chi connectivity index (χ2n) is 5.06. The van der Waals surface area contributed by atoms with Crippen molar-refractivity contribution >= 4 is 11.6 Å². The van der Waals surface area contributed by atoms with Crippen LogP contribution in [0.2, 0.25) is 0 Å². The topological polar surface area (TPSA) is 67.2 Å². The highest BCUT2D eigenvalue weighted by Crippen LogP contribution is 2.22. The zero-order chi connectivity index (χ0) is 13.8. The van der Waals surface area contributed by atoms with Crippen molar-refractivity contribution in [2.24, 2.45) is 5.92 Å². The Morgan fingerprint density at radius 2 is 2.45 bits per heavy atom. The molecule has 0 radical (unpaired) electrons. The average Bonchev–Trinajstić information content (AvgIpc) is 3.11. The Morgan fingerprint density at radius 1 is 1.50 bits per heavy atom. The molecule has 0 bridgehead atoms. The van der Waals surface area contributed by atoms with Crippen LogP contribution in [0.3, 0.4) is 0 Å². The third-order valence-electron chi connectivity index (χ3n) is 3.50. The summed E-state index contributed by atoms with van der Waals surface area (Å²) in [4.78, 5) is 15.9. The van der Waals surface area contributed by atoms with Crippen LogP contribution in [-0.2, 0) is 4.79 Å². The maximum absolute atomic E-state index is 12.0. The predicted molar refractivity (Wildman–Crippen MR) is 76.2 cm³/mol. The third-order valence-corrected chi connectivity index (χ3v) is 3.50. The molecule has 1 saturated heterocycles. The fraction of sp³-hybridized carbons (Fsp3) is 0.333. The van der Waals surface area contributed by atoms with Gasteiger partial charge in [0.05, 0.1) is 6.20 Å². The van der Waals surface area contributed by atoms with E-state index in [0.717, 1.165) is 30.8 Å². The number of carbonyl (C=O) groups excluding carboxylic acids is 1. The summed E-state index contributed by atoms with van der Waals surface area (Å²) in [5.74, 6) is 1.21. The van der Waals surface area contributed by atoms with Crippen LogP contribution in [0.15, 0.2) is 41.3 Å². The molecule has 2 N–H and O–H groups in total. The molecule has 0 saturated carbocycles. The van der Waals surface area contributed by atoms with Crippen LogP contribution in [0.5, 0.6) is 0 Å². The Labute approximate surface area is 117 Å². The van der Waals surface area contributed by atoms with Gasteiger partial charge in [-0.25, -0.2) is 4.98 Å². The molecule has 1 aliphatic heterocycles. The Balaban J connectivity index is 1.65. The van der Waals surface area contributed by atoms with E-state index in [1.807, 2.05) is 24.3 Å². The fourth-order valence-electron chi connectivity index (χ4n) is 2.47. The summed E-state index contributed by atoms with van der Waals surface area (Å²) in [5, 5.41) is 6.21. The molecule has 3 rings (SSSR count). The number of benzene rings is 1. The molecule has 1 unspecified atom stereocenters. The van der Waals surface area contributed by atoms with Crippen molar-refractivity contribution in [1.29, 1.82) is 0 Å². The predicted octanol–water partition coefficient (Wildman–Crippen LogP) is 2.28. The molecule has 1 fully saturated rings. The smallest absolute Gasteiger partial charge is 0.224 e. The lowest BCUT2D eigenvalue weighted by Gasteiger charge is -2.09. The minimum absolute atomic E-state index is 0.0634. The van der Waals surface area contributed by atoms with E-state index in [1.54, 1.807) is 6.20 Å².